The van der Waals surface area contributed by atoms with E-state index < -0.39 is 0 Å². The number of nitrogens with zero attached hydrogens (tertiary/aromatic N) is 1. The van der Waals surface area contributed by atoms with Gasteiger partial charge in [0.15, 0.2) is 0 Å². The summed E-state index contributed by atoms with van der Waals surface area (Å²) in [6, 6.07) is 0.390. The SMILES string of the molecule is CCC(NC(C)=O)C1CCN(C)CC1. The fourth-order valence-electron chi connectivity index (χ4n) is 2.25. The highest BCUT2D eigenvalue weighted by molar-refractivity contribution is 5.73. The molecule has 1 rings (SSSR count). The molecule has 3 heteroatoms. The molecule has 0 aromatic heterocycles. The third-order valence-corrected chi connectivity index (χ3v) is 3.16. The maximum absolute atomic E-state index is 11.0. The third kappa shape index (κ3) is 3.29. The summed E-state index contributed by atoms with van der Waals surface area (Å²) in [5, 5.41) is 3.06. The molecule has 0 saturated carbocycles. The number of likely N-dealkylation sites (tertiary alicyclic amines) is 1. The van der Waals surface area contributed by atoms with Gasteiger partial charge in [-0.05, 0) is 45.3 Å². The Morgan fingerprint density at radius 2 is 2.07 bits per heavy atom. The lowest BCUT2D eigenvalue weighted by molar-refractivity contribution is -0.120. The van der Waals surface area contributed by atoms with Crippen LogP contribution >= 0.6 is 0 Å². The molecular weight excluding hydrogens is 176 g/mol. The molecule has 0 bridgehead atoms. The average molecular weight is 198 g/mol. The van der Waals surface area contributed by atoms with E-state index in [0.29, 0.717) is 12.0 Å². The lowest BCUT2D eigenvalue weighted by atomic mass is 9.88. The van der Waals surface area contributed by atoms with Crippen molar-refractivity contribution in [1.82, 2.24) is 10.2 Å². The van der Waals surface area contributed by atoms with Gasteiger partial charge in [-0.2, -0.15) is 0 Å². The van der Waals surface area contributed by atoms with Gasteiger partial charge < -0.3 is 10.2 Å². The van der Waals surface area contributed by atoms with Crippen molar-refractivity contribution in [2.75, 3.05) is 20.1 Å². The van der Waals surface area contributed by atoms with Crippen LogP contribution in [0.25, 0.3) is 0 Å². The van der Waals surface area contributed by atoms with Gasteiger partial charge in [0.25, 0.3) is 0 Å². The van der Waals surface area contributed by atoms with E-state index in [-0.39, 0.29) is 5.91 Å². The van der Waals surface area contributed by atoms with Crippen LogP contribution in [0, 0.1) is 5.92 Å². The molecule has 1 aliphatic heterocycles. The second-order valence-corrected chi connectivity index (χ2v) is 4.36. The predicted molar refractivity (Wildman–Crippen MR) is 58.1 cm³/mol. The zero-order valence-corrected chi connectivity index (χ0v) is 9.55. The Hall–Kier alpha value is -0.570. The van der Waals surface area contributed by atoms with Gasteiger partial charge in [0.1, 0.15) is 0 Å². The maximum atomic E-state index is 11.0. The van der Waals surface area contributed by atoms with Crippen molar-refractivity contribution in [3.05, 3.63) is 0 Å². The number of piperidine rings is 1. The minimum Gasteiger partial charge on any atom is -0.353 e. The Bertz CT molecular complexity index is 186. The van der Waals surface area contributed by atoms with E-state index in [2.05, 4.69) is 24.2 Å². The number of hydrogen-bond donors (Lipinski definition) is 1. The van der Waals surface area contributed by atoms with Crippen molar-refractivity contribution in [3.8, 4) is 0 Å². The molecule has 3 nitrogen and oxygen atoms in total. The molecule has 1 heterocycles. The van der Waals surface area contributed by atoms with Crippen molar-refractivity contribution >= 4 is 5.91 Å². The highest BCUT2D eigenvalue weighted by Gasteiger charge is 2.24. The van der Waals surface area contributed by atoms with Gasteiger partial charge in [-0.3, -0.25) is 4.79 Å². The van der Waals surface area contributed by atoms with Gasteiger partial charge in [-0.1, -0.05) is 6.92 Å². The summed E-state index contributed by atoms with van der Waals surface area (Å²) in [5.74, 6) is 0.788. The van der Waals surface area contributed by atoms with Crippen molar-refractivity contribution in [2.45, 2.75) is 39.2 Å². The highest BCUT2D eigenvalue weighted by atomic mass is 16.1. The van der Waals surface area contributed by atoms with Gasteiger partial charge in [-0.25, -0.2) is 0 Å². The molecule has 0 aliphatic carbocycles. The number of rotatable bonds is 3. The summed E-state index contributed by atoms with van der Waals surface area (Å²) >= 11 is 0. The first-order valence-electron chi connectivity index (χ1n) is 5.59. The van der Waals surface area contributed by atoms with Gasteiger partial charge in [0.2, 0.25) is 5.91 Å². The molecule has 1 fully saturated rings. The predicted octanol–water partition coefficient (Wildman–Crippen LogP) is 1.24. The lowest BCUT2D eigenvalue weighted by Crippen LogP contribution is -2.43. The molecule has 1 N–H and O–H groups in total. The van der Waals surface area contributed by atoms with Crippen molar-refractivity contribution in [2.24, 2.45) is 5.92 Å². The Kier molecular flexibility index (Phi) is 4.39. The fraction of sp³-hybridized carbons (Fsp3) is 0.909. The molecule has 0 spiro atoms. The second-order valence-electron chi connectivity index (χ2n) is 4.36. The Morgan fingerprint density at radius 1 is 1.50 bits per heavy atom. The minimum atomic E-state index is 0.107. The summed E-state index contributed by atoms with van der Waals surface area (Å²) in [5.41, 5.74) is 0. The molecule has 1 saturated heterocycles. The smallest absolute Gasteiger partial charge is 0.217 e. The third-order valence-electron chi connectivity index (χ3n) is 3.16. The topological polar surface area (TPSA) is 32.3 Å². The van der Waals surface area contributed by atoms with Gasteiger partial charge in [0.05, 0.1) is 0 Å². The summed E-state index contributed by atoms with van der Waals surface area (Å²) in [6.45, 7) is 6.10. The maximum Gasteiger partial charge on any atom is 0.217 e. The lowest BCUT2D eigenvalue weighted by Gasteiger charge is -2.34. The summed E-state index contributed by atoms with van der Waals surface area (Å²) in [6.07, 6.45) is 3.48. The highest BCUT2D eigenvalue weighted by Crippen LogP contribution is 2.21. The van der Waals surface area contributed by atoms with E-state index >= 15 is 0 Å². The molecular formula is C11H22N2O. The van der Waals surface area contributed by atoms with Crippen LogP contribution < -0.4 is 5.32 Å². The first kappa shape index (κ1) is 11.5. The van der Waals surface area contributed by atoms with E-state index in [1.807, 2.05) is 0 Å². The van der Waals surface area contributed by atoms with Gasteiger partial charge >= 0.3 is 0 Å². The Labute approximate surface area is 86.9 Å². The fourth-order valence-corrected chi connectivity index (χ4v) is 2.25. The van der Waals surface area contributed by atoms with E-state index in [0.717, 1.165) is 6.42 Å². The number of hydrogen-bond acceptors (Lipinski definition) is 2. The zero-order chi connectivity index (χ0) is 10.6. The zero-order valence-electron chi connectivity index (χ0n) is 9.55. The van der Waals surface area contributed by atoms with Crippen LogP contribution in [0.2, 0.25) is 0 Å². The molecule has 82 valence electrons. The number of carbonyl (C=O) groups excluding carboxylic acids is 1. The normalized spacial score (nSPS) is 21.9. The molecule has 1 atom stereocenters. The van der Waals surface area contributed by atoms with Crippen LogP contribution in [0.15, 0.2) is 0 Å². The van der Waals surface area contributed by atoms with Crippen molar-refractivity contribution < 1.29 is 4.79 Å². The van der Waals surface area contributed by atoms with Gasteiger partial charge in [-0.15, -0.1) is 0 Å². The first-order chi connectivity index (χ1) is 6.63. The summed E-state index contributed by atoms with van der Waals surface area (Å²) in [7, 11) is 2.16. The van der Waals surface area contributed by atoms with Crippen LogP contribution in [0.3, 0.4) is 0 Å². The Balaban J connectivity index is 2.40. The largest absolute Gasteiger partial charge is 0.353 e. The molecule has 14 heavy (non-hydrogen) atoms. The van der Waals surface area contributed by atoms with Crippen molar-refractivity contribution in [1.29, 1.82) is 0 Å². The summed E-state index contributed by atoms with van der Waals surface area (Å²) in [4.78, 5) is 13.4. The monoisotopic (exact) mass is 198 g/mol. The molecule has 0 aromatic carbocycles. The number of nitrogens with one attached hydrogen (secondary N) is 1. The molecule has 1 aliphatic rings. The van der Waals surface area contributed by atoms with Crippen LogP contribution in [0.5, 0.6) is 0 Å². The van der Waals surface area contributed by atoms with Gasteiger partial charge in [0, 0.05) is 13.0 Å². The Morgan fingerprint density at radius 3 is 2.50 bits per heavy atom. The van der Waals surface area contributed by atoms with E-state index in [1.165, 1.54) is 25.9 Å². The first-order valence-corrected chi connectivity index (χ1v) is 5.59. The molecule has 1 amide bonds. The van der Waals surface area contributed by atoms with E-state index in [4.69, 9.17) is 0 Å². The van der Waals surface area contributed by atoms with Crippen LogP contribution in [-0.2, 0) is 4.79 Å². The van der Waals surface area contributed by atoms with Crippen LogP contribution in [0.4, 0.5) is 0 Å². The number of amides is 1. The van der Waals surface area contributed by atoms with Crippen LogP contribution in [0.1, 0.15) is 33.1 Å². The second kappa shape index (κ2) is 5.35. The molecule has 0 radical (unpaired) electrons. The van der Waals surface area contributed by atoms with Crippen molar-refractivity contribution in [3.63, 3.8) is 0 Å². The average Bonchev–Trinajstić information content (AvgIpc) is 2.15. The molecule has 1 unspecified atom stereocenters. The number of carbonyl (C=O) groups is 1. The van der Waals surface area contributed by atoms with E-state index in [9.17, 15) is 4.79 Å². The standard InChI is InChI=1S/C11H22N2O/c1-4-11(12-9(2)14)10-5-7-13(3)8-6-10/h10-11H,4-8H2,1-3H3,(H,12,14). The minimum absolute atomic E-state index is 0.107. The quantitative estimate of drug-likeness (QED) is 0.740. The van der Waals surface area contributed by atoms with E-state index in [1.54, 1.807) is 6.92 Å². The summed E-state index contributed by atoms with van der Waals surface area (Å²) < 4.78 is 0. The van der Waals surface area contributed by atoms with Crippen LogP contribution in [-0.4, -0.2) is 37.0 Å². The molecule has 0 aromatic rings.